The number of amides is 1. The van der Waals surface area contributed by atoms with Crippen molar-refractivity contribution in [2.24, 2.45) is 4.99 Å². The molecule has 2 N–H and O–H groups in total. The minimum atomic E-state index is -1.20. The zero-order chi connectivity index (χ0) is 28.4. The summed E-state index contributed by atoms with van der Waals surface area (Å²) in [5.74, 6) is -0.894. The molecule has 10 nitrogen and oxygen atoms in total. The Bertz CT molecular complexity index is 1750. The maximum atomic E-state index is 12.5. The van der Waals surface area contributed by atoms with Gasteiger partial charge in [-0.25, -0.2) is 14.8 Å². The van der Waals surface area contributed by atoms with E-state index in [-0.39, 0.29) is 26.3 Å². The van der Waals surface area contributed by atoms with E-state index in [2.05, 4.69) is 15.3 Å². The van der Waals surface area contributed by atoms with E-state index in [1.54, 1.807) is 12.1 Å². The predicted octanol–water partition coefficient (Wildman–Crippen LogP) is 7.00. The van der Waals surface area contributed by atoms with Crippen molar-refractivity contribution in [2.45, 2.75) is 16.2 Å². The van der Waals surface area contributed by atoms with Gasteiger partial charge in [-0.2, -0.15) is 0 Å². The topological polar surface area (TPSA) is 144 Å². The number of nitrogens with zero attached hydrogens (tertiary/aromatic N) is 3. The summed E-state index contributed by atoms with van der Waals surface area (Å²) >= 11 is 9.54. The number of hydrogen-bond donors (Lipinski definition) is 2. The molecule has 5 rings (SSSR count). The number of nitro benzene ring substituents is 1. The Hall–Kier alpha value is -3.91. The zero-order valence-electron chi connectivity index (χ0n) is 20.4. The maximum absolute atomic E-state index is 12.5. The van der Waals surface area contributed by atoms with Gasteiger partial charge in [0.05, 0.1) is 47.8 Å². The van der Waals surface area contributed by atoms with E-state index in [0.717, 1.165) is 27.7 Å². The standard InChI is InChI=1S/C26H17ClN4O6S3/c1-2-37-15-5-7-18-21(12-15)40-26(29-18)39-20-8-3-13(9-19(20)31(35)36)10-22-23(32)30-25(38-22)28-14-4-6-17(27)16(11-14)24(33)34/h3-12H,2H2,1H3,(H,33,34)(H,28,30,32)/b22-10-. The number of thiazole rings is 1. The van der Waals surface area contributed by atoms with Crippen LogP contribution in [0.4, 0.5) is 11.4 Å². The number of benzene rings is 3. The van der Waals surface area contributed by atoms with Crippen molar-refractivity contribution >= 4 is 91.2 Å². The number of carboxylic acid groups (broad SMARTS) is 1. The highest BCUT2D eigenvalue weighted by atomic mass is 35.5. The average molecular weight is 613 g/mol. The number of aliphatic imine (C=N–C) groups is 1. The Morgan fingerprint density at radius 3 is 2.83 bits per heavy atom. The maximum Gasteiger partial charge on any atom is 0.337 e. The Morgan fingerprint density at radius 1 is 1.25 bits per heavy atom. The molecule has 1 amide bonds. The molecular formula is C26H17ClN4O6S3. The first-order valence-electron chi connectivity index (χ1n) is 11.5. The van der Waals surface area contributed by atoms with Crippen LogP contribution in [0.2, 0.25) is 5.02 Å². The van der Waals surface area contributed by atoms with Crippen molar-refractivity contribution in [3.8, 4) is 5.75 Å². The Morgan fingerprint density at radius 2 is 2.08 bits per heavy atom. The number of hydrogen-bond acceptors (Lipinski definition) is 10. The number of thioether (sulfide) groups is 1. The molecule has 1 fully saturated rings. The molecule has 1 aliphatic heterocycles. The largest absolute Gasteiger partial charge is 0.494 e. The fraction of sp³-hybridized carbons (Fsp3) is 0.0769. The van der Waals surface area contributed by atoms with Gasteiger partial charge in [-0.1, -0.05) is 29.4 Å². The van der Waals surface area contributed by atoms with Crippen molar-refractivity contribution in [1.82, 2.24) is 10.3 Å². The molecule has 0 spiro atoms. The van der Waals surface area contributed by atoms with Gasteiger partial charge in [-0.3, -0.25) is 14.9 Å². The van der Waals surface area contributed by atoms with Crippen LogP contribution in [0.15, 0.2) is 73.7 Å². The Kier molecular flexibility index (Phi) is 8.07. The third-order valence-electron chi connectivity index (χ3n) is 5.39. The van der Waals surface area contributed by atoms with Crippen molar-refractivity contribution < 1.29 is 24.4 Å². The minimum absolute atomic E-state index is 0.0715. The average Bonchev–Trinajstić information content (AvgIpc) is 3.47. The molecule has 1 aliphatic rings. The van der Waals surface area contributed by atoms with Crippen molar-refractivity contribution in [1.29, 1.82) is 0 Å². The number of rotatable bonds is 8. The highest BCUT2D eigenvalue weighted by Gasteiger charge is 2.25. The quantitative estimate of drug-likeness (QED) is 0.122. The minimum Gasteiger partial charge on any atom is -0.494 e. The van der Waals surface area contributed by atoms with Gasteiger partial charge in [0, 0.05) is 6.07 Å². The summed E-state index contributed by atoms with van der Waals surface area (Å²) in [5, 5.41) is 24.1. The van der Waals surface area contributed by atoms with Gasteiger partial charge in [0.1, 0.15) is 5.75 Å². The number of ether oxygens (including phenoxy) is 1. The second kappa shape index (κ2) is 11.7. The van der Waals surface area contributed by atoms with Crippen LogP contribution in [0, 0.1) is 10.1 Å². The lowest BCUT2D eigenvalue weighted by Gasteiger charge is -2.02. The predicted molar refractivity (Wildman–Crippen MR) is 157 cm³/mol. The van der Waals surface area contributed by atoms with Gasteiger partial charge < -0.3 is 15.2 Å². The van der Waals surface area contributed by atoms with Gasteiger partial charge in [0.2, 0.25) is 0 Å². The fourth-order valence-corrected chi connectivity index (χ4v) is 6.80. The summed E-state index contributed by atoms with van der Waals surface area (Å²) in [7, 11) is 0. The Labute approximate surface area is 244 Å². The number of nitrogens with one attached hydrogen (secondary N) is 1. The van der Waals surface area contributed by atoms with Crippen molar-refractivity contribution in [3.05, 3.63) is 85.8 Å². The molecule has 0 atom stereocenters. The third kappa shape index (κ3) is 6.12. The number of fused-ring (bicyclic) bond motifs is 1. The first-order chi connectivity index (χ1) is 19.2. The molecule has 1 saturated heterocycles. The summed E-state index contributed by atoms with van der Waals surface area (Å²) in [6.45, 7) is 2.45. The number of nitro groups is 1. The van der Waals surface area contributed by atoms with Crippen molar-refractivity contribution in [3.63, 3.8) is 0 Å². The van der Waals surface area contributed by atoms with E-state index in [9.17, 15) is 24.8 Å². The lowest BCUT2D eigenvalue weighted by atomic mass is 10.2. The molecule has 202 valence electrons. The van der Waals surface area contributed by atoms with Crippen LogP contribution in [0.3, 0.4) is 0 Å². The van der Waals surface area contributed by atoms with Gasteiger partial charge in [-0.05, 0) is 72.8 Å². The molecule has 1 aromatic heterocycles. The molecule has 4 aromatic rings. The number of aromatic nitrogens is 1. The van der Waals surface area contributed by atoms with Crippen LogP contribution < -0.4 is 10.1 Å². The number of carbonyl (C=O) groups is 2. The van der Waals surface area contributed by atoms with Crippen LogP contribution in [0.5, 0.6) is 5.75 Å². The lowest BCUT2D eigenvalue weighted by Crippen LogP contribution is -2.19. The fourth-order valence-electron chi connectivity index (χ4n) is 3.63. The SMILES string of the molecule is CCOc1ccc2nc(Sc3ccc(/C=C4\SC(=Nc5ccc(Cl)c(C(=O)O)c5)NC4=O)cc3[N+](=O)[O-])sc2c1. The summed E-state index contributed by atoms with van der Waals surface area (Å²) < 4.78 is 7.10. The smallest absolute Gasteiger partial charge is 0.337 e. The van der Waals surface area contributed by atoms with E-state index in [1.165, 1.54) is 53.4 Å². The molecule has 0 aliphatic carbocycles. The first-order valence-corrected chi connectivity index (χ1v) is 14.3. The van der Waals surface area contributed by atoms with Gasteiger partial charge in [0.25, 0.3) is 11.6 Å². The molecule has 14 heteroatoms. The normalized spacial score (nSPS) is 15.1. The van der Waals surface area contributed by atoms with E-state index in [4.69, 9.17) is 16.3 Å². The van der Waals surface area contributed by atoms with Crippen LogP contribution >= 0.6 is 46.5 Å². The summed E-state index contributed by atoms with van der Waals surface area (Å²) in [6, 6.07) is 14.5. The number of aromatic carboxylic acids is 1. The monoisotopic (exact) mass is 612 g/mol. The van der Waals surface area contributed by atoms with E-state index >= 15 is 0 Å². The second-order valence-electron chi connectivity index (χ2n) is 8.08. The van der Waals surface area contributed by atoms with Gasteiger partial charge in [0.15, 0.2) is 9.51 Å². The van der Waals surface area contributed by atoms with Crippen LogP contribution in [-0.4, -0.2) is 38.7 Å². The van der Waals surface area contributed by atoms with Gasteiger partial charge >= 0.3 is 5.97 Å². The molecular weight excluding hydrogens is 596 g/mol. The highest BCUT2D eigenvalue weighted by molar-refractivity contribution is 8.18. The summed E-state index contributed by atoms with van der Waals surface area (Å²) in [5.41, 5.74) is 1.31. The number of carbonyl (C=O) groups excluding carboxylic acids is 1. The van der Waals surface area contributed by atoms with Gasteiger partial charge in [-0.15, -0.1) is 11.3 Å². The van der Waals surface area contributed by atoms with E-state index in [0.29, 0.717) is 27.1 Å². The zero-order valence-corrected chi connectivity index (χ0v) is 23.6. The highest BCUT2D eigenvalue weighted by Crippen LogP contribution is 2.40. The molecule has 3 aromatic carbocycles. The summed E-state index contributed by atoms with van der Waals surface area (Å²) in [6.07, 6.45) is 1.53. The second-order valence-corrected chi connectivity index (χ2v) is 11.8. The van der Waals surface area contributed by atoms with E-state index in [1.807, 2.05) is 25.1 Å². The third-order valence-corrected chi connectivity index (χ3v) is 8.77. The molecule has 0 saturated carbocycles. The molecule has 0 unspecified atom stereocenters. The molecule has 0 radical (unpaired) electrons. The molecule has 0 bridgehead atoms. The van der Waals surface area contributed by atoms with Crippen molar-refractivity contribution in [2.75, 3.05) is 6.61 Å². The molecule has 40 heavy (non-hydrogen) atoms. The summed E-state index contributed by atoms with van der Waals surface area (Å²) in [4.78, 5) is 44.8. The van der Waals surface area contributed by atoms with E-state index < -0.39 is 16.8 Å². The number of carboxylic acids is 1. The van der Waals surface area contributed by atoms with Crippen LogP contribution in [-0.2, 0) is 4.79 Å². The van der Waals surface area contributed by atoms with Crippen LogP contribution in [0.1, 0.15) is 22.8 Å². The first kappa shape index (κ1) is 27.6. The van der Waals surface area contributed by atoms with Crippen LogP contribution in [0.25, 0.3) is 16.3 Å². The lowest BCUT2D eigenvalue weighted by molar-refractivity contribution is -0.387. The number of halogens is 1. The molecule has 2 heterocycles. The Balaban J connectivity index is 1.37. The number of amidine groups is 1.